The normalized spacial score (nSPS) is 15.4. The third-order valence-electron chi connectivity index (χ3n) is 3.70. The van der Waals surface area contributed by atoms with Crippen LogP contribution in [0.3, 0.4) is 0 Å². The van der Waals surface area contributed by atoms with Gasteiger partial charge in [-0.2, -0.15) is 0 Å². The Morgan fingerprint density at radius 2 is 1.90 bits per heavy atom. The van der Waals surface area contributed by atoms with E-state index in [0.717, 1.165) is 28.2 Å². The fourth-order valence-corrected chi connectivity index (χ4v) is 2.01. The molecule has 0 N–H and O–H groups in total. The predicted molar refractivity (Wildman–Crippen MR) is 91.1 cm³/mol. The first kappa shape index (κ1) is 15.1. The maximum atomic E-state index is 5.98. The molecular formula is C20H22O. The van der Waals surface area contributed by atoms with Crippen LogP contribution in [0.5, 0.6) is 5.75 Å². The van der Waals surface area contributed by atoms with Crippen LogP contribution >= 0.6 is 0 Å². The molecule has 0 fully saturated rings. The van der Waals surface area contributed by atoms with Gasteiger partial charge in [0.1, 0.15) is 11.5 Å². The third-order valence-corrected chi connectivity index (χ3v) is 3.70. The van der Waals surface area contributed by atoms with Crippen molar-refractivity contribution in [2.45, 2.75) is 20.8 Å². The van der Waals surface area contributed by atoms with E-state index in [1.165, 1.54) is 5.57 Å². The summed E-state index contributed by atoms with van der Waals surface area (Å²) in [5, 5.41) is 0. The number of para-hydroxylation sites is 1. The van der Waals surface area contributed by atoms with Gasteiger partial charge in [-0.3, -0.25) is 0 Å². The smallest absolute Gasteiger partial charge is 0.135 e. The summed E-state index contributed by atoms with van der Waals surface area (Å²) in [6, 6.07) is 7.94. The molecule has 1 aromatic carbocycles. The van der Waals surface area contributed by atoms with Crippen LogP contribution < -0.4 is 4.74 Å². The zero-order valence-electron chi connectivity index (χ0n) is 13.0. The first-order valence-corrected chi connectivity index (χ1v) is 7.22. The van der Waals surface area contributed by atoms with Crippen molar-refractivity contribution < 1.29 is 4.74 Å². The van der Waals surface area contributed by atoms with Crippen LogP contribution in [0.4, 0.5) is 0 Å². The summed E-state index contributed by atoms with van der Waals surface area (Å²) in [6.07, 6.45) is 7.95. The minimum absolute atomic E-state index is 0.532. The number of allylic oxidation sites excluding steroid dienone is 6. The van der Waals surface area contributed by atoms with Gasteiger partial charge in [0, 0.05) is 11.1 Å². The van der Waals surface area contributed by atoms with Gasteiger partial charge in [-0.15, -0.1) is 0 Å². The molecule has 0 radical (unpaired) electrons. The van der Waals surface area contributed by atoms with Crippen molar-refractivity contribution in [3.05, 3.63) is 84.2 Å². The molecule has 21 heavy (non-hydrogen) atoms. The molecule has 0 unspecified atom stereocenters. The van der Waals surface area contributed by atoms with Gasteiger partial charge in [0.05, 0.1) is 0 Å². The van der Waals surface area contributed by atoms with Crippen LogP contribution in [0, 0.1) is 5.92 Å². The predicted octanol–water partition coefficient (Wildman–Crippen LogP) is 5.69. The summed E-state index contributed by atoms with van der Waals surface area (Å²) in [6.45, 7) is 14.5. The summed E-state index contributed by atoms with van der Waals surface area (Å²) >= 11 is 0. The molecule has 1 aliphatic rings. The van der Waals surface area contributed by atoms with Crippen molar-refractivity contribution in [1.29, 1.82) is 0 Å². The monoisotopic (exact) mass is 278 g/mol. The Morgan fingerprint density at radius 3 is 2.57 bits per heavy atom. The number of ether oxygens (including phenoxy) is 1. The van der Waals surface area contributed by atoms with Crippen LogP contribution in [-0.4, -0.2) is 0 Å². The van der Waals surface area contributed by atoms with Gasteiger partial charge in [-0.1, -0.05) is 69.0 Å². The lowest BCUT2D eigenvalue weighted by molar-refractivity contribution is 0.433. The highest BCUT2D eigenvalue weighted by Crippen LogP contribution is 2.34. The lowest BCUT2D eigenvalue weighted by Gasteiger charge is -2.20. The first-order valence-electron chi connectivity index (χ1n) is 7.22. The lowest BCUT2D eigenvalue weighted by atomic mass is 10.00. The van der Waals surface area contributed by atoms with E-state index in [9.17, 15) is 0 Å². The fourth-order valence-electron chi connectivity index (χ4n) is 2.01. The Balaban J connectivity index is 2.33. The highest BCUT2D eigenvalue weighted by atomic mass is 16.5. The molecule has 108 valence electrons. The summed E-state index contributed by atoms with van der Waals surface area (Å²) in [5.74, 6) is 2.17. The van der Waals surface area contributed by atoms with Crippen LogP contribution in [0.15, 0.2) is 78.6 Å². The van der Waals surface area contributed by atoms with Gasteiger partial charge in [-0.25, -0.2) is 0 Å². The van der Waals surface area contributed by atoms with E-state index in [0.29, 0.717) is 5.92 Å². The molecule has 1 heteroatoms. The van der Waals surface area contributed by atoms with Gasteiger partial charge in [0.15, 0.2) is 0 Å². The van der Waals surface area contributed by atoms with Crippen molar-refractivity contribution in [2.24, 2.45) is 5.92 Å². The molecule has 0 atom stereocenters. The summed E-state index contributed by atoms with van der Waals surface area (Å²) in [7, 11) is 0. The second kappa shape index (κ2) is 6.45. The lowest BCUT2D eigenvalue weighted by Crippen LogP contribution is -2.05. The molecule has 1 aliphatic heterocycles. The van der Waals surface area contributed by atoms with Gasteiger partial charge < -0.3 is 4.74 Å². The molecule has 0 amide bonds. The zero-order chi connectivity index (χ0) is 15.4. The highest BCUT2D eigenvalue weighted by Gasteiger charge is 2.16. The van der Waals surface area contributed by atoms with Crippen molar-refractivity contribution in [3.63, 3.8) is 0 Å². The number of benzene rings is 1. The van der Waals surface area contributed by atoms with E-state index in [-0.39, 0.29) is 0 Å². The zero-order valence-corrected chi connectivity index (χ0v) is 13.0. The van der Waals surface area contributed by atoms with Crippen molar-refractivity contribution >= 4 is 5.57 Å². The average Bonchev–Trinajstić information content (AvgIpc) is 2.47. The van der Waals surface area contributed by atoms with Crippen LogP contribution in [0.2, 0.25) is 0 Å². The van der Waals surface area contributed by atoms with Crippen molar-refractivity contribution in [1.82, 2.24) is 0 Å². The largest absolute Gasteiger partial charge is 0.456 e. The molecule has 2 rings (SSSR count). The number of rotatable bonds is 4. The third kappa shape index (κ3) is 3.43. The standard InChI is InChI=1S/C20H22O/c1-6-17(12-11-15(4)14(2)3)20-13-16(5)18-9-7-8-10-19(18)21-20/h6-14H,1,5H2,2-4H3/b15-11+,17-12+. The first-order chi connectivity index (χ1) is 10.0. The van der Waals surface area contributed by atoms with E-state index in [2.05, 4.69) is 46.1 Å². The van der Waals surface area contributed by atoms with Crippen molar-refractivity contribution in [3.8, 4) is 5.75 Å². The molecule has 0 spiro atoms. The minimum atomic E-state index is 0.532. The van der Waals surface area contributed by atoms with E-state index in [1.54, 1.807) is 0 Å². The average molecular weight is 278 g/mol. The molecule has 1 heterocycles. The molecule has 0 saturated heterocycles. The SMILES string of the molecule is C=C/C(=C\C=C(/C)C(C)C)C1=CC(=C)c2ccccc2O1. The topological polar surface area (TPSA) is 9.23 Å². The Hall–Kier alpha value is -2.28. The summed E-state index contributed by atoms with van der Waals surface area (Å²) < 4.78 is 5.98. The second-order valence-electron chi connectivity index (χ2n) is 5.52. The highest BCUT2D eigenvalue weighted by molar-refractivity contribution is 5.79. The number of hydrogen-bond acceptors (Lipinski definition) is 1. The quantitative estimate of drug-likeness (QED) is 0.643. The summed E-state index contributed by atoms with van der Waals surface area (Å²) in [5.41, 5.74) is 4.29. The Morgan fingerprint density at radius 1 is 1.19 bits per heavy atom. The molecule has 0 bridgehead atoms. The Kier molecular flexibility index (Phi) is 4.64. The van der Waals surface area contributed by atoms with Gasteiger partial charge in [0.2, 0.25) is 0 Å². The molecule has 1 aromatic rings. The minimum Gasteiger partial charge on any atom is -0.456 e. The fraction of sp³-hybridized carbons (Fsp3) is 0.200. The molecular weight excluding hydrogens is 256 g/mol. The van der Waals surface area contributed by atoms with E-state index in [1.807, 2.05) is 36.4 Å². The maximum Gasteiger partial charge on any atom is 0.135 e. The van der Waals surface area contributed by atoms with Crippen LogP contribution in [0.25, 0.3) is 5.57 Å². The second-order valence-corrected chi connectivity index (χ2v) is 5.52. The maximum absolute atomic E-state index is 5.98. The molecule has 0 aliphatic carbocycles. The number of fused-ring (bicyclic) bond motifs is 1. The Bertz CT molecular complexity index is 654. The number of hydrogen-bond donors (Lipinski definition) is 0. The van der Waals surface area contributed by atoms with E-state index >= 15 is 0 Å². The van der Waals surface area contributed by atoms with Crippen LogP contribution in [-0.2, 0) is 0 Å². The van der Waals surface area contributed by atoms with Gasteiger partial charge >= 0.3 is 0 Å². The van der Waals surface area contributed by atoms with Gasteiger partial charge in [-0.05, 0) is 30.6 Å². The molecule has 0 saturated carbocycles. The van der Waals surface area contributed by atoms with Crippen LogP contribution in [0.1, 0.15) is 26.3 Å². The molecule has 0 aromatic heterocycles. The molecule has 1 nitrogen and oxygen atoms in total. The van der Waals surface area contributed by atoms with E-state index < -0.39 is 0 Å². The van der Waals surface area contributed by atoms with E-state index in [4.69, 9.17) is 4.74 Å². The van der Waals surface area contributed by atoms with Crippen molar-refractivity contribution in [2.75, 3.05) is 0 Å². The summed E-state index contributed by atoms with van der Waals surface area (Å²) in [4.78, 5) is 0. The Labute approximate surface area is 127 Å². The van der Waals surface area contributed by atoms with Gasteiger partial charge in [0.25, 0.3) is 0 Å².